The lowest BCUT2D eigenvalue weighted by atomic mass is 10.0. The minimum absolute atomic E-state index is 0.282. The van der Waals surface area contributed by atoms with Gasteiger partial charge in [0.25, 0.3) is 0 Å². The quantitative estimate of drug-likeness (QED) is 0.693. The van der Waals surface area contributed by atoms with Crippen molar-refractivity contribution in [3.05, 3.63) is 34.9 Å². The SMILES string of the molecule is Cc1ccc(C)c([C@@H](O)CN)c1. The van der Waals surface area contributed by atoms with Crippen molar-refractivity contribution >= 4 is 0 Å². The van der Waals surface area contributed by atoms with Crippen LogP contribution in [0.1, 0.15) is 22.8 Å². The maximum Gasteiger partial charge on any atom is 0.0914 e. The smallest absolute Gasteiger partial charge is 0.0914 e. The Kier molecular flexibility index (Phi) is 2.84. The minimum atomic E-state index is -0.523. The molecule has 0 amide bonds. The van der Waals surface area contributed by atoms with Gasteiger partial charge in [0.15, 0.2) is 0 Å². The summed E-state index contributed by atoms with van der Waals surface area (Å²) in [6, 6.07) is 6.01. The van der Waals surface area contributed by atoms with Crippen LogP contribution in [0.5, 0.6) is 0 Å². The fourth-order valence-electron chi connectivity index (χ4n) is 1.25. The van der Waals surface area contributed by atoms with E-state index in [1.165, 1.54) is 0 Å². The summed E-state index contributed by atoms with van der Waals surface area (Å²) >= 11 is 0. The largest absolute Gasteiger partial charge is 0.387 e. The number of aryl methyl sites for hydroxylation is 2. The molecule has 0 radical (unpaired) electrons. The van der Waals surface area contributed by atoms with Crippen LogP contribution in [0.15, 0.2) is 18.2 Å². The molecule has 0 aromatic heterocycles. The number of benzene rings is 1. The van der Waals surface area contributed by atoms with Crippen LogP contribution in [0.2, 0.25) is 0 Å². The van der Waals surface area contributed by atoms with Crippen molar-refractivity contribution in [2.24, 2.45) is 5.73 Å². The number of nitrogens with two attached hydrogens (primary N) is 1. The van der Waals surface area contributed by atoms with E-state index < -0.39 is 6.10 Å². The molecule has 0 saturated heterocycles. The highest BCUT2D eigenvalue weighted by molar-refractivity contribution is 5.32. The summed E-state index contributed by atoms with van der Waals surface area (Å²) in [6.45, 7) is 4.27. The summed E-state index contributed by atoms with van der Waals surface area (Å²) in [7, 11) is 0. The van der Waals surface area contributed by atoms with Gasteiger partial charge in [0.05, 0.1) is 6.10 Å². The van der Waals surface area contributed by atoms with Crippen molar-refractivity contribution < 1.29 is 5.11 Å². The molecule has 2 heteroatoms. The van der Waals surface area contributed by atoms with Crippen molar-refractivity contribution in [2.75, 3.05) is 6.54 Å². The van der Waals surface area contributed by atoms with Crippen molar-refractivity contribution in [2.45, 2.75) is 20.0 Å². The molecule has 0 aliphatic rings. The second-order valence-corrected chi connectivity index (χ2v) is 3.11. The predicted octanol–water partition coefficient (Wildman–Crippen LogP) is 1.30. The number of rotatable bonds is 2. The molecule has 3 N–H and O–H groups in total. The molecule has 1 atom stereocenters. The maximum absolute atomic E-state index is 9.51. The van der Waals surface area contributed by atoms with Crippen LogP contribution in [0.4, 0.5) is 0 Å². The topological polar surface area (TPSA) is 46.2 Å². The van der Waals surface area contributed by atoms with E-state index in [2.05, 4.69) is 0 Å². The number of aliphatic hydroxyl groups excluding tert-OH is 1. The van der Waals surface area contributed by atoms with Crippen LogP contribution in [-0.4, -0.2) is 11.7 Å². The third kappa shape index (κ3) is 1.84. The van der Waals surface area contributed by atoms with E-state index in [1.807, 2.05) is 32.0 Å². The Morgan fingerprint density at radius 2 is 2.08 bits per heavy atom. The third-order valence-electron chi connectivity index (χ3n) is 2.02. The Balaban J connectivity index is 3.04. The zero-order valence-electron chi connectivity index (χ0n) is 7.54. The molecule has 1 aromatic carbocycles. The van der Waals surface area contributed by atoms with Gasteiger partial charge >= 0.3 is 0 Å². The Bertz CT molecular complexity index is 271. The highest BCUT2D eigenvalue weighted by Gasteiger charge is 2.07. The average Bonchev–Trinajstić information content (AvgIpc) is 2.08. The normalized spacial score (nSPS) is 13.0. The Morgan fingerprint density at radius 1 is 1.42 bits per heavy atom. The van der Waals surface area contributed by atoms with Gasteiger partial charge in [0.1, 0.15) is 0 Å². The first-order valence-electron chi connectivity index (χ1n) is 4.10. The van der Waals surface area contributed by atoms with Gasteiger partial charge in [-0.1, -0.05) is 23.8 Å². The predicted molar refractivity (Wildman–Crippen MR) is 49.9 cm³/mol. The minimum Gasteiger partial charge on any atom is -0.387 e. The summed E-state index contributed by atoms with van der Waals surface area (Å²) in [5, 5.41) is 9.51. The Hall–Kier alpha value is -0.860. The lowest BCUT2D eigenvalue weighted by Crippen LogP contribution is -2.12. The second-order valence-electron chi connectivity index (χ2n) is 3.11. The number of aliphatic hydroxyl groups is 1. The van der Waals surface area contributed by atoms with Gasteiger partial charge in [0.2, 0.25) is 0 Å². The van der Waals surface area contributed by atoms with E-state index >= 15 is 0 Å². The molecule has 0 aliphatic heterocycles. The molecule has 0 saturated carbocycles. The van der Waals surface area contributed by atoms with E-state index in [0.717, 1.165) is 16.7 Å². The van der Waals surface area contributed by atoms with Crippen LogP contribution in [-0.2, 0) is 0 Å². The summed E-state index contributed by atoms with van der Waals surface area (Å²) < 4.78 is 0. The van der Waals surface area contributed by atoms with Gasteiger partial charge in [0, 0.05) is 6.54 Å². The fourth-order valence-corrected chi connectivity index (χ4v) is 1.25. The first kappa shape index (κ1) is 9.23. The molecule has 0 heterocycles. The lowest BCUT2D eigenvalue weighted by Gasteiger charge is -2.11. The number of hydrogen-bond donors (Lipinski definition) is 2. The molecule has 12 heavy (non-hydrogen) atoms. The van der Waals surface area contributed by atoms with Gasteiger partial charge < -0.3 is 10.8 Å². The van der Waals surface area contributed by atoms with Crippen LogP contribution < -0.4 is 5.73 Å². The van der Waals surface area contributed by atoms with Crippen LogP contribution in [0.3, 0.4) is 0 Å². The molecule has 1 rings (SSSR count). The molecular formula is C10H15NO. The van der Waals surface area contributed by atoms with E-state index in [-0.39, 0.29) is 6.54 Å². The maximum atomic E-state index is 9.51. The summed E-state index contributed by atoms with van der Waals surface area (Å²) in [5.74, 6) is 0. The average molecular weight is 165 g/mol. The summed E-state index contributed by atoms with van der Waals surface area (Å²) in [4.78, 5) is 0. The van der Waals surface area contributed by atoms with Gasteiger partial charge in [-0.3, -0.25) is 0 Å². The molecule has 0 bridgehead atoms. The zero-order valence-corrected chi connectivity index (χ0v) is 7.54. The summed E-state index contributed by atoms with van der Waals surface area (Å²) in [5.41, 5.74) is 8.57. The Labute approximate surface area is 73.0 Å². The number of hydrogen-bond acceptors (Lipinski definition) is 2. The van der Waals surface area contributed by atoms with Gasteiger partial charge in [-0.05, 0) is 25.0 Å². The third-order valence-corrected chi connectivity index (χ3v) is 2.02. The molecule has 1 aromatic rings. The van der Waals surface area contributed by atoms with Crippen molar-refractivity contribution in [3.8, 4) is 0 Å². The van der Waals surface area contributed by atoms with Crippen LogP contribution in [0, 0.1) is 13.8 Å². The van der Waals surface area contributed by atoms with E-state index in [4.69, 9.17) is 5.73 Å². The van der Waals surface area contributed by atoms with E-state index in [0.29, 0.717) is 0 Å². The molecular weight excluding hydrogens is 150 g/mol. The van der Waals surface area contributed by atoms with Crippen LogP contribution >= 0.6 is 0 Å². The first-order valence-corrected chi connectivity index (χ1v) is 4.10. The highest BCUT2D eigenvalue weighted by Crippen LogP contribution is 2.17. The van der Waals surface area contributed by atoms with Gasteiger partial charge in [-0.25, -0.2) is 0 Å². The van der Waals surface area contributed by atoms with E-state index in [1.54, 1.807) is 0 Å². The fraction of sp³-hybridized carbons (Fsp3) is 0.400. The highest BCUT2D eigenvalue weighted by atomic mass is 16.3. The van der Waals surface area contributed by atoms with Crippen molar-refractivity contribution in [1.29, 1.82) is 0 Å². The molecule has 0 unspecified atom stereocenters. The summed E-state index contributed by atoms with van der Waals surface area (Å²) in [6.07, 6.45) is -0.523. The van der Waals surface area contributed by atoms with Crippen molar-refractivity contribution in [3.63, 3.8) is 0 Å². The van der Waals surface area contributed by atoms with Crippen molar-refractivity contribution in [1.82, 2.24) is 0 Å². The Morgan fingerprint density at radius 3 is 2.67 bits per heavy atom. The second kappa shape index (κ2) is 3.70. The molecule has 0 aliphatic carbocycles. The van der Waals surface area contributed by atoms with Gasteiger partial charge in [-0.15, -0.1) is 0 Å². The molecule has 0 spiro atoms. The van der Waals surface area contributed by atoms with Gasteiger partial charge in [-0.2, -0.15) is 0 Å². The monoisotopic (exact) mass is 165 g/mol. The zero-order chi connectivity index (χ0) is 9.14. The molecule has 2 nitrogen and oxygen atoms in total. The lowest BCUT2D eigenvalue weighted by molar-refractivity contribution is 0.186. The molecule has 0 fully saturated rings. The molecule has 66 valence electrons. The van der Waals surface area contributed by atoms with E-state index in [9.17, 15) is 5.11 Å². The van der Waals surface area contributed by atoms with Crippen LogP contribution in [0.25, 0.3) is 0 Å². The standard InChI is InChI=1S/C10H15NO/c1-7-3-4-8(2)9(5-7)10(12)6-11/h3-5,10,12H,6,11H2,1-2H3/t10-/m0/s1. The first-order chi connectivity index (χ1) is 5.65.